The number of anilines is 1. The second-order valence-electron chi connectivity index (χ2n) is 8.13. The summed E-state index contributed by atoms with van der Waals surface area (Å²) in [4.78, 5) is 27.9. The largest absolute Gasteiger partial charge is 0.497 e. The molecule has 2 aromatic rings. The summed E-state index contributed by atoms with van der Waals surface area (Å²) in [6.45, 7) is 1.43. The lowest BCUT2D eigenvalue weighted by Gasteiger charge is -2.36. The first kappa shape index (κ1) is 20.4. The highest BCUT2D eigenvalue weighted by Gasteiger charge is 2.34. The van der Waals surface area contributed by atoms with Crippen molar-refractivity contribution in [2.24, 2.45) is 5.92 Å². The van der Waals surface area contributed by atoms with Gasteiger partial charge in [0.05, 0.1) is 7.11 Å². The standard InChI is InChI=1S/C24H29N3O3/c1-30-21-9-5-8-20(16-21)26-24(29)22(17-6-3-2-4-7-17)27-14-12-18(13-15-27)23(28)25-19-10-11-19/h2-9,16,18-19,22H,10-15H2,1H3,(H,25,28)(H,26,29). The Balaban J connectivity index is 1.46. The van der Waals surface area contributed by atoms with Crippen molar-refractivity contribution in [3.63, 3.8) is 0 Å². The fraction of sp³-hybridized carbons (Fsp3) is 0.417. The predicted octanol–water partition coefficient (Wildman–Crippen LogP) is 3.37. The van der Waals surface area contributed by atoms with Crippen LogP contribution in [-0.2, 0) is 9.59 Å². The van der Waals surface area contributed by atoms with Crippen molar-refractivity contribution in [3.05, 3.63) is 60.2 Å². The molecule has 1 heterocycles. The fourth-order valence-corrected chi connectivity index (χ4v) is 4.04. The van der Waals surface area contributed by atoms with Crippen LogP contribution >= 0.6 is 0 Å². The Bertz CT molecular complexity index is 874. The van der Waals surface area contributed by atoms with Gasteiger partial charge in [0, 0.05) is 23.7 Å². The predicted molar refractivity (Wildman–Crippen MR) is 116 cm³/mol. The second-order valence-corrected chi connectivity index (χ2v) is 8.13. The molecule has 30 heavy (non-hydrogen) atoms. The third kappa shape index (κ3) is 5.00. The third-order valence-electron chi connectivity index (χ3n) is 5.89. The Morgan fingerprint density at radius 2 is 1.73 bits per heavy atom. The molecular formula is C24H29N3O3. The molecule has 0 radical (unpaired) electrons. The van der Waals surface area contributed by atoms with Crippen molar-refractivity contribution in [2.45, 2.75) is 37.8 Å². The molecule has 4 rings (SSSR count). The van der Waals surface area contributed by atoms with Crippen LogP contribution in [0.2, 0.25) is 0 Å². The minimum Gasteiger partial charge on any atom is -0.497 e. The quantitative estimate of drug-likeness (QED) is 0.738. The SMILES string of the molecule is COc1cccc(NC(=O)C(c2ccccc2)N2CCC(C(=O)NC3CC3)CC2)c1. The highest BCUT2D eigenvalue weighted by Crippen LogP contribution is 2.29. The number of hydrogen-bond donors (Lipinski definition) is 2. The first-order chi connectivity index (χ1) is 14.6. The van der Waals surface area contributed by atoms with Crippen molar-refractivity contribution in [2.75, 3.05) is 25.5 Å². The molecule has 0 spiro atoms. The minimum absolute atomic E-state index is 0.0414. The van der Waals surface area contributed by atoms with Gasteiger partial charge in [-0.2, -0.15) is 0 Å². The maximum Gasteiger partial charge on any atom is 0.246 e. The van der Waals surface area contributed by atoms with E-state index in [0.29, 0.717) is 30.6 Å². The summed E-state index contributed by atoms with van der Waals surface area (Å²) in [6, 6.07) is 17.2. The molecule has 6 nitrogen and oxygen atoms in total. The van der Waals surface area contributed by atoms with Gasteiger partial charge in [-0.15, -0.1) is 0 Å². The van der Waals surface area contributed by atoms with Gasteiger partial charge in [-0.25, -0.2) is 0 Å². The van der Waals surface area contributed by atoms with E-state index in [0.717, 1.165) is 31.2 Å². The van der Waals surface area contributed by atoms with Crippen LogP contribution in [0.25, 0.3) is 0 Å². The zero-order valence-electron chi connectivity index (χ0n) is 17.3. The molecule has 1 atom stereocenters. The lowest BCUT2D eigenvalue weighted by atomic mass is 9.93. The number of nitrogens with zero attached hydrogens (tertiary/aromatic N) is 1. The highest BCUT2D eigenvalue weighted by molar-refractivity contribution is 5.95. The topological polar surface area (TPSA) is 70.7 Å². The van der Waals surface area contributed by atoms with Gasteiger partial charge in [-0.1, -0.05) is 36.4 Å². The number of amides is 2. The van der Waals surface area contributed by atoms with Crippen LogP contribution in [0, 0.1) is 5.92 Å². The molecule has 2 aromatic carbocycles. The number of carbonyl (C=O) groups is 2. The maximum atomic E-state index is 13.3. The molecule has 6 heteroatoms. The first-order valence-electron chi connectivity index (χ1n) is 10.7. The molecule has 1 aliphatic carbocycles. The number of hydrogen-bond acceptors (Lipinski definition) is 4. The van der Waals surface area contributed by atoms with Crippen molar-refractivity contribution in [1.82, 2.24) is 10.2 Å². The Morgan fingerprint density at radius 1 is 1.00 bits per heavy atom. The molecule has 1 aliphatic heterocycles. The normalized spacial score (nSPS) is 18.4. The van der Waals surface area contributed by atoms with Crippen molar-refractivity contribution in [1.29, 1.82) is 0 Å². The van der Waals surface area contributed by atoms with E-state index in [2.05, 4.69) is 15.5 Å². The van der Waals surface area contributed by atoms with Crippen LogP contribution in [-0.4, -0.2) is 43.0 Å². The molecule has 0 aromatic heterocycles. The van der Waals surface area contributed by atoms with E-state index in [1.807, 2.05) is 54.6 Å². The molecule has 2 aliphatic rings. The van der Waals surface area contributed by atoms with E-state index in [9.17, 15) is 9.59 Å². The van der Waals surface area contributed by atoms with Crippen LogP contribution in [0.1, 0.15) is 37.3 Å². The fourth-order valence-electron chi connectivity index (χ4n) is 4.04. The highest BCUT2D eigenvalue weighted by atomic mass is 16.5. The summed E-state index contributed by atoms with van der Waals surface area (Å²) in [7, 11) is 1.61. The average Bonchev–Trinajstić information content (AvgIpc) is 3.59. The minimum atomic E-state index is -0.398. The number of methoxy groups -OCH3 is 1. The van der Waals surface area contributed by atoms with Crippen LogP contribution in [0.5, 0.6) is 5.75 Å². The Hall–Kier alpha value is -2.86. The van der Waals surface area contributed by atoms with Crippen LogP contribution in [0.3, 0.4) is 0 Å². The molecule has 1 saturated heterocycles. The van der Waals surface area contributed by atoms with Crippen LogP contribution in [0.4, 0.5) is 5.69 Å². The van der Waals surface area contributed by atoms with Crippen LogP contribution in [0.15, 0.2) is 54.6 Å². The van der Waals surface area contributed by atoms with Gasteiger partial charge in [0.1, 0.15) is 11.8 Å². The van der Waals surface area contributed by atoms with Gasteiger partial charge in [0.15, 0.2) is 0 Å². The van der Waals surface area contributed by atoms with E-state index >= 15 is 0 Å². The molecule has 0 bridgehead atoms. The lowest BCUT2D eigenvalue weighted by molar-refractivity contribution is -0.127. The van der Waals surface area contributed by atoms with E-state index in [-0.39, 0.29) is 17.7 Å². The van der Waals surface area contributed by atoms with Crippen molar-refractivity contribution < 1.29 is 14.3 Å². The van der Waals surface area contributed by atoms with Gasteiger partial charge in [-0.05, 0) is 56.5 Å². The Kier molecular flexibility index (Phi) is 6.33. The number of likely N-dealkylation sites (tertiary alicyclic amines) is 1. The first-order valence-corrected chi connectivity index (χ1v) is 10.7. The second kappa shape index (κ2) is 9.30. The molecule has 158 valence electrons. The molecule has 1 unspecified atom stereocenters. The number of carbonyl (C=O) groups excluding carboxylic acids is 2. The Labute approximate surface area is 177 Å². The summed E-state index contributed by atoms with van der Waals surface area (Å²) in [5.41, 5.74) is 1.66. The van der Waals surface area contributed by atoms with Gasteiger partial charge in [0.25, 0.3) is 0 Å². The number of nitrogens with one attached hydrogen (secondary N) is 2. The molecule has 2 N–H and O–H groups in total. The van der Waals surface area contributed by atoms with E-state index in [1.165, 1.54) is 0 Å². The molecular weight excluding hydrogens is 378 g/mol. The molecule has 2 amide bonds. The number of rotatable bonds is 7. The van der Waals surface area contributed by atoms with Gasteiger partial charge < -0.3 is 15.4 Å². The summed E-state index contributed by atoms with van der Waals surface area (Å²) >= 11 is 0. The molecule has 2 fully saturated rings. The number of benzene rings is 2. The van der Waals surface area contributed by atoms with E-state index in [4.69, 9.17) is 4.74 Å². The van der Waals surface area contributed by atoms with Crippen molar-refractivity contribution in [3.8, 4) is 5.75 Å². The van der Waals surface area contributed by atoms with E-state index in [1.54, 1.807) is 7.11 Å². The van der Waals surface area contributed by atoms with E-state index < -0.39 is 6.04 Å². The van der Waals surface area contributed by atoms with Gasteiger partial charge in [-0.3, -0.25) is 14.5 Å². The zero-order chi connectivity index (χ0) is 20.9. The summed E-state index contributed by atoms with van der Waals surface area (Å²) in [5.74, 6) is 0.843. The van der Waals surface area contributed by atoms with Gasteiger partial charge in [0.2, 0.25) is 11.8 Å². The monoisotopic (exact) mass is 407 g/mol. The number of piperidine rings is 1. The smallest absolute Gasteiger partial charge is 0.246 e. The molecule has 1 saturated carbocycles. The maximum absolute atomic E-state index is 13.3. The Morgan fingerprint density at radius 3 is 2.40 bits per heavy atom. The zero-order valence-corrected chi connectivity index (χ0v) is 17.3. The van der Waals surface area contributed by atoms with Gasteiger partial charge >= 0.3 is 0 Å². The van der Waals surface area contributed by atoms with Crippen LogP contribution < -0.4 is 15.4 Å². The third-order valence-corrected chi connectivity index (χ3v) is 5.89. The summed E-state index contributed by atoms with van der Waals surface area (Å²) in [6.07, 6.45) is 3.75. The number of ether oxygens (including phenoxy) is 1. The average molecular weight is 408 g/mol. The summed E-state index contributed by atoms with van der Waals surface area (Å²) in [5, 5.41) is 6.16. The summed E-state index contributed by atoms with van der Waals surface area (Å²) < 4.78 is 5.26. The van der Waals surface area contributed by atoms with Crippen molar-refractivity contribution >= 4 is 17.5 Å². The lowest BCUT2D eigenvalue weighted by Crippen LogP contribution is -2.45.